The van der Waals surface area contributed by atoms with Gasteiger partial charge in [-0.05, 0) is 35.0 Å². The Morgan fingerprint density at radius 2 is 1.71 bits per heavy atom. The molecule has 3 aromatic rings. The molecule has 0 atom stereocenters. The number of fused-ring (bicyclic) bond motifs is 3. The summed E-state index contributed by atoms with van der Waals surface area (Å²) in [5.74, 6) is -0.915. The number of hydrogen-bond donors (Lipinski definition) is 1. The zero-order valence-electron chi connectivity index (χ0n) is 8.92. The molecule has 1 N–H and O–H groups in total. The summed E-state index contributed by atoms with van der Waals surface area (Å²) >= 11 is 0. The van der Waals surface area contributed by atoms with Crippen molar-refractivity contribution >= 4 is 27.6 Å². The molecule has 3 nitrogen and oxygen atoms in total. The summed E-state index contributed by atoms with van der Waals surface area (Å²) in [5, 5.41) is 12.0. The van der Waals surface area contributed by atoms with Crippen LogP contribution in [0, 0.1) is 0 Å². The Kier molecular flexibility index (Phi) is 2.05. The lowest BCUT2D eigenvalue weighted by atomic mass is 10.1. The first-order valence-corrected chi connectivity index (χ1v) is 5.26. The van der Waals surface area contributed by atoms with Crippen LogP contribution in [0.15, 0.2) is 48.7 Å². The van der Waals surface area contributed by atoms with Crippen LogP contribution in [0.3, 0.4) is 0 Å². The molecule has 0 unspecified atom stereocenters. The number of carbonyl (C=O) groups is 1. The van der Waals surface area contributed by atoms with Gasteiger partial charge in [0.15, 0.2) is 0 Å². The smallest absolute Gasteiger partial charge is 0.335 e. The molecular weight excluding hydrogens is 214 g/mol. The average Bonchev–Trinajstić information content (AvgIpc) is 2.67. The standard InChI is InChI=1S/C14H9NO2/c16-14(17)10-2-1-9-4-6-13-12(7-8-15-13)11(9)5-3-10/h1-8H,(H,16,17). The first-order valence-electron chi connectivity index (χ1n) is 5.26. The van der Waals surface area contributed by atoms with E-state index in [0.717, 1.165) is 21.7 Å². The Morgan fingerprint density at radius 3 is 2.53 bits per heavy atom. The zero-order chi connectivity index (χ0) is 11.8. The number of rotatable bonds is 1. The molecule has 0 bridgehead atoms. The fourth-order valence-corrected chi connectivity index (χ4v) is 2.00. The first-order chi connectivity index (χ1) is 8.25. The largest absolute Gasteiger partial charge is 0.478 e. The van der Waals surface area contributed by atoms with E-state index in [-0.39, 0.29) is 5.56 Å². The van der Waals surface area contributed by atoms with Gasteiger partial charge in [0.2, 0.25) is 0 Å². The van der Waals surface area contributed by atoms with Gasteiger partial charge in [0.1, 0.15) is 0 Å². The van der Waals surface area contributed by atoms with E-state index in [2.05, 4.69) is 4.98 Å². The number of carboxylic acids is 1. The Balaban J connectivity index is 2.44. The molecular formula is C14H9NO2. The maximum absolute atomic E-state index is 10.9. The van der Waals surface area contributed by atoms with Crippen molar-refractivity contribution < 1.29 is 9.90 Å². The van der Waals surface area contributed by atoms with Crippen molar-refractivity contribution in [2.45, 2.75) is 0 Å². The third kappa shape index (κ3) is 1.52. The molecule has 0 spiro atoms. The molecule has 17 heavy (non-hydrogen) atoms. The minimum Gasteiger partial charge on any atom is -0.478 e. The zero-order valence-corrected chi connectivity index (χ0v) is 8.92. The van der Waals surface area contributed by atoms with Gasteiger partial charge in [0.25, 0.3) is 0 Å². The summed E-state index contributed by atoms with van der Waals surface area (Å²) in [6, 6.07) is 12.7. The Morgan fingerprint density at radius 1 is 0.941 bits per heavy atom. The Hall–Kier alpha value is -2.42. The van der Waals surface area contributed by atoms with Gasteiger partial charge in [-0.15, -0.1) is 0 Å². The number of benzene rings is 1. The third-order valence-electron chi connectivity index (χ3n) is 2.87. The van der Waals surface area contributed by atoms with Gasteiger partial charge >= 0.3 is 5.97 Å². The highest BCUT2D eigenvalue weighted by Crippen LogP contribution is 2.24. The van der Waals surface area contributed by atoms with E-state index < -0.39 is 5.97 Å². The number of aromatic nitrogens is 1. The summed E-state index contributed by atoms with van der Waals surface area (Å²) in [6.07, 6.45) is 1.76. The number of hydrogen-bond acceptors (Lipinski definition) is 2. The second kappa shape index (κ2) is 3.56. The van der Waals surface area contributed by atoms with Crippen LogP contribution in [0.4, 0.5) is 0 Å². The minimum absolute atomic E-state index is 0.286. The van der Waals surface area contributed by atoms with Gasteiger partial charge in [-0.1, -0.05) is 18.2 Å². The highest BCUT2D eigenvalue weighted by Gasteiger charge is 2.03. The van der Waals surface area contributed by atoms with Crippen LogP contribution >= 0.6 is 0 Å². The van der Waals surface area contributed by atoms with Crippen molar-refractivity contribution in [1.29, 1.82) is 0 Å². The maximum Gasteiger partial charge on any atom is 0.335 e. The third-order valence-corrected chi connectivity index (χ3v) is 2.87. The van der Waals surface area contributed by atoms with Crippen LogP contribution in [0.2, 0.25) is 0 Å². The van der Waals surface area contributed by atoms with Crippen molar-refractivity contribution in [2.75, 3.05) is 0 Å². The summed E-state index contributed by atoms with van der Waals surface area (Å²) in [4.78, 5) is 15.2. The molecule has 1 heterocycles. The monoisotopic (exact) mass is 223 g/mol. The van der Waals surface area contributed by atoms with Gasteiger partial charge in [0.05, 0.1) is 11.1 Å². The fourth-order valence-electron chi connectivity index (χ4n) is 2.00. The van der Waals surface area contributed by atoms with Gasteiger partial charge in [-0.2, -0.15) is 0 Å². The Bertz CT molecular complexity index is 734. The number of nitrogens with zero attached hydrogens (tertiary/aromatic N) is 1. The van der Waals surface area contributed by atoms with Crippen LogP contribution in [0.5, 0.6) is 0 Å². The van der Waals surface area contributed by atoms with Crippen LogP contribution in [-0.4, -0.2) is 16.1 Å². The summed E-state index contributed by atoms with van der Waals surface area (Å²) < 4.78 is 0. The predicted molar refractivity (Wildman–Crippen MR) is 66.2 cm³/mol. The first kappa shape index (κ1) is 9.78. The number of carboxylic acid groups (broad SMARTS) is 1. The van der Waals surface area contributed by atoms with Crippen LogP contribution < -0.4 is 0 Å². The molecule has 0 aliphatic rings. The Labute approximate surface area is 97.3 Å². The predicted octanol–water partition coefficient (Wildman–Crippen LogP) is 3.09. The molecule has 0 radical (unpaired) electrons. The second-order valence-corrected chi connectivity index (χ2v) is 3.87. The van der Waals surface area contributed by atoms with Gasteiger partial charge in [-0.3, -0.25) is 4.98 Å². The van der Waals surface area contributed by atoms with Crippen LogP contribution in [-0.2, 0) is 0 Å². The van der Waals surface area contributed by atoms with Crippen molar-refractivity contribution in [3.8, 4) is 0 Å². The fraction of sp³-hybridized carbons (Fsp3) is 0. The molecule has 0 amide bonds. The van der Waals surface area contributed by atoms with Crippen molar-refractivity contribution in [3.05, 3.63) is 54.2 Å². The molecule has 0 aliphatic heterocycles. The normalized spacial score (nSPS) is 10.8. The lowest BCUT2D eigenvalue weighted by molar-refractivity contribution is 0.0697. The molecule has 0 saturated heterocycles. The van der Waals surface area contributed by atoms with E-state index in [4.69, 9.17) is 5.11 Å². The summed E-state index contributed by atoms with van der Waals surface area (Å²) in [7, 11) is 0. The van der Waals surface area contributed by atoms with E-state index in [1.54, 1.807) is 18.3 Å². The van der Waals surface area contributed by atoms with Crippen molar-refractivity contribution in [1.82, 2.24) is 4.98 Å². The van der Waals surface area contributed by atoms with E-state index in [0.29, 0.717) is 0 Å². The van der Waals surface area contributed by atoms with E-state index in [1.165, 1.54) is 0 Å². The minimum atomic E-state index is -0.915. The summed E-state index contributed by atoms with van der Waals surface area (Å²) in [6.45, 7) is 0. The molecule has 1 aromatic heterocycles. The van der Waals surface area contributed by atoms with E-state index >= 15 is 0 Å². The quantitative estimate of drug-likeness (QED) is 0.689. The second-order valence-electron chi connectivity index (χ2n) is 3.87. The lowest BCUT2D eigenvalue weighted by Crippen LogP contribution is -1.92. The van der Waals surface area contributed by atoms with Gasteiger partial charge in [0, 0.05) is 11.6 Å². The lowest BCUT2D eigenvalue weighted by Gasteiger charge is -1.93. The van der Waals surface area contributed by atoms with Crippen molar-refractivity contribution in [2.24, 2.45) is 0 Å². The highest BCUT2D eigenvalue weighted by molar-refractivity contribution is 6.06. The molecule has 2 aromatic carbocycles. The number of aromatic carboxylic acids is 1. The topological polar surface area (TPSA) is 50.2 Å². The molecule has 0 saturated carbocycles. The van der Waals surface area contributed by atoms with Crippen molar-refractivity contribution in [3.63, 3.8) is 0 Å². The van der Waals surface area contributed by atoms with Gasteiger partial charge in [-0.25, -0.2) is 4.79 Å². The maximum atomic E-state index is 10.9. The molecule has 0 aliphatic carbocycles. The van der Waals surface area contributed by atoms with Crippen LogP contribution in [0.25, 0.3) is 21.7 Å². The SMILES string of the molecule is O=C(O)c1ccc2ccc3nccc3c2cc1. The molecule has 0 fully saturated rings. The van der Waals surface area contributed by atoms with E-state index in [9.17, 15) is 4.79 Å². The van der Waals surface area contributed by atoms with Gasteiger partial charge < -0.3 is 5.11 Å². The van der Waals surface area contributed by atoms with E-state index in [1.807, 2.05) is 30.3 Å². The highest BCUT2D eigenvalue weighted by atomic mass is 16.4. The molecule has 82 valence electrons. The molecule has 3 heteroatoms. The summed E-state index contributed by atoms with van der Waals surface area (Å²) in [5.41, 5.74) is 1.22. The molecule has 3 rings (SSSR count). The average molecular weight is 223 g/mol. The van der Waals surface area contributed by atoms with Crippen LogP contribution in [0.1, 0.15) is 10.4 Å².